The van der Waals surface area contributed by atoms with Crippen molar-refractivity contribution in [1.82, 2.24) is 9.88 Å². The Balaban J connectivity index is 2.66. The van der Waals surface area contributed by atoms with E-state index in [1.54, 1.807) is 19.2 Å². The quantitative estimate of drug-likeness (QED) is 0.609. The van der Waals surface area contributed by atoms with E-state index in [-0.39, 0.29) is 17.4 Å². The molecule has 0 radical (unpaired) electrons. The maximum Gasteiger partial charge on any atom is 0.356 e. The predicted molar refractivity (Wildman–Crippen MR) is 72.3 cm³/mol. The zero-order chi connectivity index (χ0) is 14.3. The summed E-state index contributed by atoms with van der Waals surface area (Å²) in [5, 5.41) is 11.5. The number of aromatic nitrogens is 1. The van der Waals surface area contributed by atoms with Gasteiger partial charge in [0, 0.05) is 19.8 Å². The van der Waals surface area contributed by atoms with E-state index in [2.05, 4.69) is 16.9 Å². The number of carboxylic acid groups (broad SMARTS) is 1. The maximum absolute atomic E-state index is 11.8. The van der Waals surface area contributed by atoms with Crippen molar-refractivity contribution < 1.29 is 14.7 Å². The Hall–Kier alpha value is -2.37. The number of anilines is 1. The van der Waals surface area contributed by atoms with Gasteiger partial charge < -0.3 is 15.3 Å². The molecule has 0 saturated heterocycles. The van der Waals surface area contributed by atoms with Crippen LogP contribution in [0, 0.1) is 0 Å². The van der Waals surface area contributed by atoms with Crippen LogP contribution in [0.3, 0.4) is 0 Å². The highest BCUT2D eigenvalue weighted by Crippen LogP contribution is 2.12. The first-order valence-electron chi connectivity index (χ1n) is 5.87. The van der Waals surface area contributed by atoms with Gasteiger partial charge in [-0.15, -0.1) is 6.58 Å². The molecule has 1 aromatic heterocycles. The lowest BCUT2D eigenvalue weighted by molar-refractivity contribution is 0.0691. The Bertz CT molecular complexity index is 474. The summed E-state index contributed by atoms with van der Waals surface area (Å²) in [6, 6.07) is 2.71. The number of urea groups is 1. The number of carboxylic acids is 1. The third-order valence-electron chi connectivity index (χ3n) is 2.50. The van der Waals surface area contributed by atoms with Crippen LogP contribution in [0.1, 0.15) is 23.3 Å². The molecule has 0 aromatic carbocycles. The van der Waals surface area contributed by atoms with Gasteiger partial charge in [-0.3, -0.25) is 0 Å². The van der Waals surface area contributed by atoms with Crippen molar-refractivity contribution in [2.24, 2.45) is 0 Å². The number of rotatable bonds is 6. The molecular formula is C13H17N3O3. The lowest BCUT2D eigenvalue weighted by atomic mass is 10.3. The first-order chi connectivity index (χ1) is 9.06. The molecule has 0 bridgehead atoms. The summed E-state index contributed by atoms with van der Waals surface area (Å²) in [6.45, 7) is 4.18. The van der Waals surface area contributed by atoms with Gasteiger partial charge in [0.25, 0.3) is 0 Å². The summed E-state index contributed by atoms with van der Waals surface area (Å²) in [5.41, 5.74) is 0.0194. The number of nitrogens with one attached hydrogen (secondary N) is 1. The van der Waals surface area contributed by atoms with Crippen molar-refractivity contribution in [3.05, 3.63) is 36.7 Å². The van der Waals surface area contributed by atoms with Crippen LogP contribution < -0.4 is 5.32 Å². The van der Waals surface area contributed by atoms with E-state index in [0.29, 0.717) is 6.54 Å². The van der Waals surface area contributed by atoms with Gasteiger partial charge in [-0.1, -0.05) is 6.08 Å². The van der Waals surface area contributed by atoms with Gasteiger partial charge in [0.15, 0.2) is 5.69 Å². The number of nitrogens with zero attached hydrogens (tertiary/aromatic N) is 2. The SMILES string of the molecule is C=CCCCN(C)C(=O)Nc1cccnc1C(=O)O. The van der Waals surface area contributed by atoms with E-state index in [0.717, 1.165) is 12.8 Å². The minimum Gasteiger partial charge on any atom is -0.476 e. The van der Waals surface area contributed by atoms with E-state index < -0.39 is 5.97 Å². The highest BCUT2D eigenvalue weighted by molar-refractivity contribution is 5.98. The number of pyridine rings is 1. The minimum atomic E-state index is -1.18. The van der Waals surface area contributed by atoms with Crippen molar-refractivity contribution in [2.75, 3.05) is 18.9 Å². The van der Waals surface area contributed by atoms with Crippen LogP contribution in [-0.4, -0.2) is 40.6 Å². The van der Waals surface area contributed by atoms with Crippen LogP contribution in [0.2, 0.25) is 0 Å². The largest absolute Gasteiger partial charge is 0.476 e. The average Bonchev–Trinajstić information content (AvgIpc) is 2.39. The molecule has 2 amide bonds. The van der Waals surface area contributed by atoms with Gasteiger partial charge in [-0.25, -0.2) is 14.6 Å². The van der Waals surface area contributed by atoms with E-state index in [1.165, 1.54) is 17.2 Å². The molecule has 0 aliphatic heterocycles. The monoisotopic (exact) mass is 263 g/mol. The van der Waals surface area contributed by atoms with Crippen molar-refractivity contribution in [1.29, 1.82) is 0 Å². The molecule has 6 heteroatoms. The smallest absolute Gasteiger partial charge is 0.356 e. The fraction of sp³-hybridized carbons (Fsp3) is 0.308. The third kappa shape index (κ3) is 4.42. The van der Waals surface area contributed by atoms with Crippen molar-refractivity contribution in [3.63, 3.8) is 0 Å². The molecule has 0 aliphatic carbocycles. The van der Waals surface area contributed by atoms with E-state index in [1.807, 2.05) is 0 Å². The number of allylic oxidation sites excluding steroid dienone is 1. The molecule has 1 heterocycles. The molecule has 6 nitrogen and oxygen atoms in total. The normalized spacial score (nSPS) is 9.74. The Morgan fingerprint density at radius 2 is 2.32 bits per heavy atom. The molecule has 2 N–H and O–H groups in total. The summed E-state index contributed by atoms with van der Waals surface area (Å²) in [7, 11) is 1.65. The summed E-state index contributed by atoms with van der Waals surface area (Å²) in [6.07, 6.45) is 4.79. The molecule has 0 atom stereocenters. The van der Waals surface area contributed by atoms with Crippen LogP contribution in [-0.2, 0) is 0 Å². The predicted octanol–water partition coefficient (Wildman–Crippen LogP) is 2.21. The summed E-state index contributed by atoms with van der Waals surface area (Å²) in [5.74, 6) is -1.18. The highest BCUT2D eigenvalue weighted by atomic mass is 16.4. The fourth-order valence-corrected chi connectivity index (χ4v) is 1.46. The molecule has 19 heavy (non-hydrogen) atoms. The zero-order valence-corrected chi connectivity index (χ0v) is 10.8. The molecule has 0 spiro atoms. The first-order valence-corrected chi connectivity index (χ1v) is 5.87. The van der Waals surface area contributed by atoms with Gasteiger partial charge in [0.1, 0.15) is 0 Å². The fourth-order valence-electron chi connectivity index (χ4n) is 1.46. The van der Waals surface area contributed by atoms with Crippen LogP contribution in [0.5, 0.6) is 0 Å². The Labute approximate surface area is 111 Å². The molecule has 0 fully saturated rings. The Morgan fingerprint density at radius 3 is 2.95 bits per heavy atom. The first kappa shape index (κ1) is 14.7. The topological polar surface area (TPSA) is 82.5 Å². The van der Waals surface area contributed by atoms with Crippen molar-refractivity contribution in [2.45, 2.75) is 12.8 Å². The van der Waals surface area contributed by atoms with E-state index >= 15 is 0 Å². The van der Waals surface area contributed by atoms with E-state index in [4.69, 9.17) is 5.11 Å². The molecule has 0 aliphatic rings. The number of carbonyl (C=O) groups excluding carboxylic acids is 1. The number of amides is 2. The molecule has 0 saturated carbocycles. The van der Waals surface area contributed by atoms with Gasteiger partial charge in [-0.2, -0.15) is 0 Å². The standard InChI is InChI=1S/C13H17N3O3/c1-3-4-5-9-16(2)13(19)15-10-7-6-8-14-11(10)12(17)18/h3,6-8H,1,4-5,9H2,2H3,(H,15,19)(H,17,18). The van der Waals surface area contributed by atoms with Crippen molar-refractivity contribution >= 4 is 17.7 Å². The average molecular weight is 263 g/mol. The molecule has 1 aromatic rings. The summed E-state index contributed by atoms with van der Waals surface area (Å²) >= 11 is 0. The second-order valence-electron chi connectivity index (χ2n) is 3.99. The molecule has 102 valence electrons. The second-order valence-corrected chi connectivity index (χ2v) is 3.99. The second kappa shape index (κ2) is 7.15. The lowest BCUT2D eigenvalue weighted by Crippen LogP contribution is -2.32. The van der Waals surface area contributed by atoms with Crippen LogP contribution in [0.4, 0.5) is 10.5 Å². The molecule has 0 unspecified atom stereocenters. The van der Waals surface area contributed by atoms with Gasteiger partial charge >= 0.3 is 12.0 Å². The molecular weight excluding hydrogens is 246 g/mol. The number of aromatic carboxylic acids is 1. The lowest BCUT2D eigenvalue weighted by Gasteiger charge is -2.18. The third-order valence-corrected chi connectivity index (χ3v) is 2.50. The minimum absolute atomic E-state index is 0.171. The van der Waals surface area contributed by atoms with Crippen LogP contribution in [0.15, 0.2) is 31.0 Å². The van der Waals surface area contributed by atoms with E-state index in [9.17, 15) is 9.59 Å². The number of hydrogen-bond acceptors (Lipinski definition) is 3. The van der Waals surface area contributed by atoms with Crippen molar-refractivity contribution in [3.8, 4) is 0 Å². The Kier molecular flexibility index (Phi) is 5.53. The van der Waals surface area contributed by atoms with Gasteiger partial charge in [-0.05, 0) is 25.0 Å². The van der Waals surface area contributed by atoms with Gasteiger partial charge in [0.05, 0.1) is 5.69 Å². The Morgan fingerprint density at radius 1 is 1.58 bits per heavy atom. The summed E-state index contributed by atoms with van der Waals surface area (Å²) in [4.78, 5) is 28.0. The van der Waals surface area contributed by atoms with Gasteiger partial charge in [0.2, 0.25) is 0 Å². The number of hydrogen-bond donors (Lipinski definition) is 2. The van der Waals surface area contributed by atoms with Crippen LogP contribution >= 0.6 is 0 Å². The highest BCUT2D eigenvalue weighted by Gasteiger charge is 2.15. The van der Waals surface area contributed by atoms with Crippen LogP contribution in [0.25, 0.3) is 0 Å². The summed E-state index contributed by atoms with van der Waals surface area (Å²) < 4.78 is 0. The number of carbonyl (C=O) groups is 2. The number of unbranched alkanes of at least 4 members (excludes halogenated alkanes) is 1. The zero-order valence-electron chi connectivity index (χ0n) is 10.8. The molecule has 1 rings (SSSR count). The maximum atomic E-state index is 11.8.